The van der Waals surface area contributed by atoms with Crippen molar-refractivity contribution in [2.45, 2.75) is 48.5 Å². The van der Waals surface area contributed by atoms with Crippen LogP contribution in [-0.2, 0) is 4.79 Å². The molecule has 26 heavy (non-hydrogen) atoms. The molecule has 1 aromatic rings. The second-order valence-corrected chi connectivity index (χ2v) is 6.23. The van der Waals surface area contributed by atoms with Gasteiger partial charge in [-0.05, 0) is 51.0 Å². The number of anilines is 2. The first-order chi connectivity index (χ1) is 12.3. The van der Waals surface area contributed by atoms with Gasteiger partial charge in [0, 0.05) is 31.5 Å². The monoisotopic (exact) mass is 363 g/mol. The average Bonchev–Trinajstić information content (AvgIpc) is 2.60. The number of carbonyl (C=O) groups excluding carboxylic acids is 1. The molecule has 0 amide bonds. The number of aliphatic imine (C=N–C) groups is 1. The van der Waals surface area contributed by atoms with E-state index < -0.39 is 0 Å². The highest BCUT2D eigenvalue weighted by molar-refractivity contribution is 5.96. The molecule has 0 fully saturated rings. The number of halogens is 1. The van der Waals surface area contributed by atoms with Crippen LogP contribution in [0.2, 0.25) is 0 Å². The lowest BCUT2D eigenvalue weighted by Gasteiger charge is -2.27. The Morgan fingerprint density at radius 3 is 2.35 bits per heavy atom. The molecule has 0 aromatic heterocycles. The Labute approximate surface area is 158 Å². The molecule has 1 rings (SSSR count). The predicted molar refractivity (Wildman–Crippen MR) is 112 cm³/mol. The molecular weight excluding hydrogens is 329 g/mol. The second kappa shape index (κ2) is 12.2. The molecule has 0 heterocycles. The minimum absolute atomic E-state index is 0.241. The topological polar surface area (TPSA) is 35.9 Å². The van der Waals surface area contributed by atoms with Crippen LogP contribution in [0.15, 0.2) is 35.0 Å². The van der Waals surface area contributed by atoms with E-state index >= 15 is 0 Å². The zero-order valence-corrected chi connectivity index (χ0v) is 17.5. The molecule has 0 N–H and O–H groups in total. The van der Waals surface area contributed by atoms with Crippen LogP contribution in [0.5, 0.6) is 0 Å². The summed E-state index contributed by atoms with van der Waals surface area (Å²) in [7, 11) is 1.83. The first-order valence-electron chi connectivity index (χ1n) is 9.25. The summed E-state index contributed by atoms with van der Waals surface area (Å²) in [6.07, 6.45) is 2.10. The summed E-state index contributed by atoms with van der Waals surface area (Å²) in [6, 6.07) is 5.23. The Kier molecular flexibility index (Phi) is 11.2. The highest BCUT2D eigenvalue weighted by Crippen LogP contribution is 2.25. The van der Waals surface area contributed by atoms with Gasteiger partial charge in [-0.15, -0.1) is 0 Å². The van der Waals surface area contributed by atoms with Crippen LogP contribution >= 0.6 is 0 Å². The quantitative estimate of drug-likeness (QED) is 0.286. The fourth-order valence-electron chi connectivity index (χ4n) is 2.45. The highest BCUT2D eigenvalue weighted by Gasteiger charge is 2.14. The van der Waals surface area contributed by atoms with Crippen molar-refractivity contribution in [3.8, 4) is 0 Å². The number of amidine groups is 1. The van der Waals surface area contributed by atoms with E-state index in [0.29, 0.717) is 29.4 Å². The van der Waals surface area contributed by atoms with Gasteiger partial charge in [-0.25, -0.2) is 9.38 Å². The molecule has 0 aliphatic carbocycles. The fraction of sp³-hybridized carbons (Fsp3) is 0.524. The van der Waals surface area contributed by atoms with Gasteiger partial charge in [0.25, 0.3) is 0 Å². The van der Waals surface area contributed by atoms with Gasteiger partial charge in [0.2, 0.25) is 0 Å². The Morgan fingerprint density at radius 1 is 1.27 bits per heavy atom. The standard InChI is InChI=1S/C19H28FN3O.C2H6/c1-7-23(13-14(2)3)19-9-8-17(12-18(19)20)22(6)16(5)21-15(4)10-11-24;1-2/h8-12,14H,7,13H2,1-6H3;1-2H3/b15-10-,21-16?;. The van der Waals surface area contributed by atoms with Crippen molar-refractivity contribution in [2.24, 2.45) is 10.9 Å². The minimum Gasteiger partial charge on any atom is -0.369 e. The molecule has 0 bridgehead atoms. The van der Waals surface area contributed by atoms with Crippen LogP contribution in [0.25, 0.3) is 0 Å². The lowest BCUT2D eigenvalue weighted by Crippen LogP contribution is -2.28. The number of nitrogens with zero attached hydrogens (tertiary/aromatic N) is 3. The number of benzene rings is 1. The van der Waals surface area contributed by atoms with Gasteiger partial charge < -0.3 is 9.80 Å². The molecular formula is C21H34FN3O. The SMILES string of the molecule is CC.CCN(CC(C)C)c1ccc(N(C)C(C)=N/C(C)=C\C=O)cc1F. The lowest BCUT2D eigenvalue weighted by atomic mass is 10.1. The molecule has 0 radical (unpaired) electrons. The third-order valence-corrected chi connectivity index (χ3v) is 3.76. The van der Waals surface area contributed by atoms with E-state index in [0.717, 1.165) is 18.8 Å². The third-order valence-electron chi connectivity index (χ3n) is 3.76. The van der Waals surface area contributed by atoms with Crippen molar-refractivity contribution < 1.29 is 9.18 Å². The van der Waals surface area contributed by atoms with E-state index in [9.17, 15) is 9.18 Å². The van der Waals surface area contributed by atoms with E-state index in [1.807, 2.05) is 51.8 Å². The molecule has 0 saturated carbocycles. The van der Waals surface area contributed by atoms with Crippen LogP contribution in [0.3, 0.4) is 0 Å². The van der Waals surface area contributed by atoms with Gasteiger partial charge in [-0.3, -0.25) is 4.79 Å². The summed E-state index contributed by atoms with van der Waals surface area (Å²) in [4.78, 5) is 18.6. The van der Waals surface area contributed by atoms with Crippen molar-refractivity contribution in [2.75, 3.05) is 29.9 Å². The van der Waals surface area contributed by atoms with Gasteiger partial charge in [-0.2, -0.15) is 0 Å². The van der Waals surface area contributed by atoms with E-state index in [-0.39, 0.29) is 5.82 Å². The van der Waals surface area contributed by atoms with Crippen molar-refractivity contribution >= 4 is 23.5 Å². The zero-order valence-electron chi connectivity index (χ0n) is 17.5. The van der Waals surface area contributed by atoms with Crippen LogP contribution in [0.1, 0.15) is 48.5 Å². The van der Waals surface area contributed by atoms with E-state index in [1.54, 1.807) is 11.8 Å². The summed E-state index contributed by atoms with van der Waals surface area (Å²) in [6.45, 7) is 15.4. The second-order valence-electron chi connectivity index (χ2n) is 6.23. The molecule has 0 saturated heterocycles. The number of carbonyl (C=O) groups is 1. The minimum atomic E-state index is -0.241. The third kappa shape index (κ3) is 7.38. The first-order valence-corrected chi connectivity index (χ1v) is 9.25. The van der Waals surface area contributed by atoms with Crippen LogP contribution < -0.4 is 9.80 Å². The van der Waals surface area contributed by atoms with Crippen molar-refractivity contribution in [3.63, 3.8) is 0 Å². The van der Waals surface area contributed by atoms with Crippen LogP contribution in [0, 0.1) is 11.7 Å². The highest BCUT2D eigenvalue weighted by atomic mass is 19.1. The number of allylic oxidation sites excluding steroid dienone is 2. The van der Waals surface area contributed by atoms with Gasteiger partial charge in [0.15, 0.2) is 0 Å². The molecule has 0 aliphatic rings. The van der Waals surface area contributed by atoms with Gasteiger partial charge in [-0.1, -0.05) is 27.7 Å². The van der Waals surface area contributed by atoms with E-state index in [4.69, 9.17) is 0 Å². The summed E-state index contributed by atoms with van der Waals surface area (Å²) in [5.41, 5.74) is 1.95. The zero-order chi connectivity index (χ0) is 20.3. The number of rotatable bonds is 7. The summed E-state index contributed by atoms with van der Waals surface area (Å²) in [5, 5.41) is 0. The Balaban J connectivity index is 0.00000301. The van der Waals surface area contributed by atoms with Crippen molar-refractivity contribution in [1.82, 2.24) is 0 Å². The maximum atomic E-state index is 14.6. The summed E-state index contributed by atoms with van der Waals surface area (Å²) >= 11 is 0. The van der Waals surface area contributed by atoms with E-state index in [2.05, 4.69) is 18.8 Å². The molecule has 146 valence electrons. The molecule has 0 spiro atoms. The molecule has 0 unspecified atom stereocenters. The smallest absolute Gasteiger partial charge is 0.148 e. The number of hydrogen-bond donors (Lipinski definition) is 0. The van der Waals surface area contributed by atoms with Gasteiger partial charge in [0.05, 0.1) is 5.69 Å². The molecule has 5 heteroatoms. The van der Waals surface area contributed by atoms with Gasteiger partial charge in [0.1, 0.15) is 17.9 Å². The Hall–Kier alpha value is -2.17. The molecule has 1 aromatic carbocycles. The predicted octanol–water partition coefficient (Wildman–Crippen LogP) is 5.29. The van der Waals surface area contributed by atoms with Crippen LogP contribution in [-0.4, -0.2) is 32.3 Å². The fourth-order valence-corrected chi connectivity index (χ4v) is 2.45. The molecule has 0 aliphatic heterocycles. The molecule has 0 atom stereocenters. The van der Waals surface area contributed by atoms with Crippen LogP contribution in [0.4, 0.5) is 15.8 Å². The van der Waals surface area contributed by atoms with E-state index in [1.165, 1.54) is 12.1 Å². The number of hydrogen-bond acceptors (Lipinski definition) is 3. The largest absolute Gasteiger partial charge is 0.369 e. The number of aldehydes is 1. The summed E-state index contributed by atoms with van der Waals surface area (Å²) in [5.74, 6) is 0.913. The molecule has 4 nitrogen and oxygen atoms in total. The maximum Gasteiger partial charge on any atom is 0.148 e. The first kappa shape index (κ1) is 23.8. The summed E-state index contributed by atoms with van der Waals surface area (Å²) < 4.78 is 14.6. The normalized spacial score (nSPS) is 11.8. The maximum absolute atomic E-state index is 14.6. The van der Waals surface area contributed by atoms with Gasteiger partial charge >= 0.3 is 0 Å². The van der Waals surface area contributed by atoms with Crippen molar-refractivity contribution in [3.05, 3.63) is 35.8 Å². The average molecular weight is 364 g/mol. The lowest BCUT2D eigenvalue weighted by molar-refractivity contribution is -0.104. The Morgan fingerprint density at radius 2 is 1.88 bits per heavy atom. The Bertz CT molecular complexity index is 624. The van der Waals surface area contributed by atoms with Crippen molar-refractivity contribution in [1.29, 1.82) is 0 Å².